The maximum Gasteiger partial charge on any atom is 0.234 e. The number of aliphatic hydroxyl groups excluding tert-OH is 2. The highest BCUT2D eigenvalue weighted by molar-refractivity contribution is 5.78. The zero-order valence-electron chi connectivity index (χ0n) is 9.83. The SMILES string of the molecule is CC(CO)(CO)NC(=O)CNC1CCCC1. The number of nitrogens with one attached hydrogen (secondary N) is 2. The van der Waals surface area contributed by atoms with Crippen molar-refractivity contribution in [1.29, 1.82) is 0 Å². The summed E-state index contributed by atoms with van der Waals surface area (Å²) in [7, 11) is 0. The Hall–Kier alpha value is -0.650. The molecule has 1 amide bonds. The standard InChI is InChI=1S/C11H22N2O3/c1-11(7-14,8-15)13-10(16)6-12-9-4-2-3-5-9/h9,12,14-15H,2-8H2,1H3,(H,13,16). The number of amides is 1. The quantitative estimate of drug-likeness (QED) is 0.490. The molecule has 0 spiro atoms. The molecule has 4 N–H and O–H groups in total. The van der Waals surface area contributed by atoms with Crippen molar-refractivity contribution in [3.63, 3.8) is 0 Å². The number of rotatable bonds is 6. The predicted molar refractivity (Wildman–Crippen MR) is 61.0 cm³/mol. The van der Waals surface area contributed by atoms with Gasteiger partial charge in [0.15, 0.2) is 0 Å². The first-order valence-corrected chi connectivity index (χ1v) is 5.86. The fraction of sp³-hybridized carbons (Fsp3) is 0.909. The van der Waals surface area contributed by atoms with Crippen LogP contribution in [0.25, 0.3) is 0 Å². The lowest BCUT2D eigenvalue weighted by atomic mass is 10.1. The molecule has 0 aliphatic heterocycles. The zero-order chi connectivity index (χ0) is 12.0. The average Bonchev–Trinajstić information content (AvgIpc) is 2.79. The van der Waals surface area contributed by atoms with Gasteiger partial charge in [-0.2, -0.15) is 0 Å². The van der Waals surface area contributed by atoms with E-state index in [1.54, 1.807) is 6.92 Å². The zero-order valence-corrected chi connectivity index (χ0v) is 9.83. The normalized spacial score (nSPS) is 17.7. The monoisotopic (exact) mass is 230 g/mol. The molecular formula is C11H22N2O3. The van der Waals surface area contributed by atoms with E-state index >= 15 is 0 Å². The van der Waals surface area contributed by atoms with Gasteiger partial charge in [0, 0.05) is 6.04 Å². The van der Waals surface area contributed by atoms with Gasteiger partial charge in [0.05, 0.1) is 25.3 Å². The summed E-state index contributed by atoms with van der Waals surface area (Å²) in [5.74, 6) is -0.183. The van der Waals surface area contributed by atoms with Crippen LogP contribution in [-0.4, -0.2) is 47.5 Å². The lowest BCUT2D eigenvalue weighted by Crippen LogP contribution is -2.54. The summed E-state index contributed by atoms with van der Waals surface area (Å²) in [6.07, 6.45) is 4.71. The smallest absolute Gasteiger partial charge is 0.234 e. The Kier molecular flexibility index (Phi) is 5.18. The fourth-order valence-corrected chi connectivity index (χ4v) is 1.88. The molecule has 5 nitrogen and oxygen atoms in total. The Balaban J connectivity index is 2.24. The summed E-state index contributed by atoms with van der Waals surface area (Å²) in [5, 5.41) is 23.8. The second-order valence-electron chi connectivity index (χ2n) is 4.79. The molecule has 0 radical (unpaired) electrons. The Labute approximate surface area is 96.2 Å². The average molecular weight is 230 g/mol. The van der Waals surface area contributed by atoms with E-state index in [9.17, 15) is 4.79 Å². The van der Waals surface area contributed by atoms with Crippen LogP contribution in [0.4, 0.5) is 0 Å². The predicted octanol–water partition coefficient (Wildman–Crippen LogP) is -0.622. The van der Waals surface area contributed by atoms with Crippen LogP contribution in [0.1, 0.15) is 32.6 Å². The van der Waals surface area contributed by atoms with Crippen molar-refractivity contribution in [2.45, 2.75) is 44.2 Å². The molecule has 1 aliphatic carbocycles. The van der Waals surface area contributed by atoms with Crippen LogP contribution in [0.15, 0.2) is 0 Å². The van der Waals surface area contributed by atoms with Crippen molar-refractivity contribution in [2.24, 2.45) is 0 Å². The molecule has 16 heavy (non-hydrogen) atoms. The molecule has 0 aromatic rings. The van der Waals surface area contributed by atoms with E-state index in [4.69, 9.17) is 10.2 Å². The highest BCUT2D eigenvalue weighted by Crippen LogP contribution is 2.17. The van der Waals surface area contributed by atoms with Crippen LogP contribution in [-0.2, 0) is 4.79 Å². The van der Waals surface area contributed by atoms with E-state index in [0.29, 0.717) is 6.04 Å². The maximum atomic E-state index is 11.5. The first kappa shape index (κ1) is 13.4. The van der Waals surface area contributed by atoms with Gasteiger partial charge in [-0.1, -0.05) is 12.8 Å². The second kappa shape index (κ2) is 6.18. The van der Waals surface area contributed by atoms with E-state index in [1.165, 1.54) is 12.8 Å². The third-order valence-electron chi connectivity index (χ3n) is 3.05. The van der Waals surface area contributed by atoms with Crippen LogP contribution in [0.3, 0.4) is 0 Å². The van der Waals surface area contributed by atoms with E-state index in [0.717, 1.165) is 12.8 Å². The molecule has 0 unspecified atom stereocenters. The van der Waals surface area contributed by atoms with Crippen molar-refractivity contribution in [3.05, 3.63) is 0 Å². The summed E-state index contributed by atoms with van der Waals surface area (Å²) < 4.78 is 0. The van der Waals surface area contributed by atoms with Crippen LogP contribution in [0.2, 0.25) is 0 Å². The van der Waals surface area contributed by atoms with Gasteiger partial charge in [-0.25, -0.2) is 0 Å². The summed E-state index contributed by atoms with van der Waals surface area (Å²) in [6.45, 7) is 1.33. The van der Waals surface area contributed by atoms with Gasteiger partial charge >= 0.3 is 0 Å². The Morgan fingerprint density at radius 3 is 2.38 bits per heavy atom. The first-order chi connectivity index (χ1) is 7.59. The van der Waals surface area contributed by atoms with E-state index in [2.05, 4.69) is 10.6 Å². The third kappa shape index (κ3) is 4.08. The molecule has 0 atom stereocenters. The van der Waals surface area contributed by atoms with Gasteiger partial charge in [-0.15, -0.1) is 0 Å². The van der Waals surface area contributed by atoms with Crippen LogP contribution >= 0.6 is 0 Å². The number of aliphatic hydroxyl groups is 2. The Bertz CT molecular complexity index is 223. The minimum atomic E-state index is -0.922. The van der Waals surface area contributed by atoms with Crippen LogP contribution in [0.5, 0.6) is 0 Å². The number of carbonyl (C=O) groups is 1. The molecule has 94 valence electrons. The molecule has 1 fully saturated rings. The summed E-state index contributed by atoms with van der Waals surface area (Å²) in [4.78, 5) is 11.5. The summed E-state index contributed by atoms with van der Waals surface area (Å²) in [5.41, 5.74) is -0.922. The third-order valence-corrected chi connectivity index (χ3v) is 3.05. The molecule has 1 rings (SSSR count). The highest BCUT2D eigenvalue weighted by Gasteiger charge is 2.24. The number of hydrogen-bond donors (Lipinski definition) is 4. The topological polar surface area (TPSA) is 81.6 Å². The van der Waals surface area contributed by atoms with Gasteiger partial charge in [-0.05, 0) is 19.8 Å². The van der Waals surface area contributed by atoms with E-state index in [1.807, 2.05) is 0 Å². The van der Waals surface area contributed by atoms with E-state index in [-0.39, 0.29) is 25.7 Å². The Morgan fingerprint density at radius 1 is 1.31 bits per heavy atom. The lowest BCUT2D eigenvalue weighted by Gasteiger charge is -2.26. The van der Waals surface area contributed by atoms with Gasteiger partial charge < -0.3 is 20.8 Å². The minimum absolute atomic E-state index is 0.183. The molecule has 0 saturated heterocycles. The molecule has 0 heterocycles. The van der Waals surface area contributed by atoms with Crippen LogP contribution in [0, 0.1) is 0 Å². The molecule has 1 aliphatic rings. The molecule has 0 aromatic heterocycles. The van der Waals surface area contributed by atoms with Crippen LogP contribution < -0.4 is 10.6 Å². The molecule has 0 aromatic carbocycles. The highest BCUT2D eigenvalue weighted by atomic mass is 16.3. The van der Waals surface area contributed by atoms with Gasteiger partial charge in [-0.3, -0.25) is 4.79 Å². The largest absolute Gasteiger partial charge is 0.394 e. The number of carbonyl (C=O) groups excluding carboxylic acids is 1. The molecule has 1 saturated carbocycles. The summed E-state index contributed by atoms with van der Waals surface area (Å²) >= 11 is 0. The van der Waals surface area contributed by atoms with Crippen molar-refractivity contribution < 1.29 is 15.0 Å². The van der Waals surface area contributed by atoms with Crippen molar-refractivity contribution >= 4 is 5.91 Å². The van der Waals surface area contributed by atoms with Gasteiger partial charge in [0.25, 0.3) is 0 Å². The molecular weight excluding hydrogens is 208 g/mol. The van der Waals surface area contributed by atoms with Gasteiger partial charge in [0.2, 0.25) is 5.91 Å². The van der Waals surface area contributed by atoms with Crippen molar-refractivity contribution in [3.8, 4) is 0 Å². The molecule has 5 heteroatoms. The van der Waals surface area contributed by atoms with Crippen molar-refractivity contribution in [2.75, 3.05) is 19.8 Å². The minimum Gasteiger partial charge on any atom is -0.394 e. The Morgan fingerprint density at radius 2 is 1.88 bits per heavy atom. The number of hydrogen-bond acceptors (Lipinski definition) is 4. The molecule has 0 bridgehead atoms. The fourth-order valence-electron chi connectivity index (χ4n) is 1.88. The van der Waals surface area contributed by atoms with Crippen molar-refractivity contribution in [1.82, 2.24) is 10.6 Å². The lowest BCUT2D eigenvalue weighted by molar-refractivity contribution is -0.123. The second-order valence-corrected chi connectivity index (χ2v) is 4.79. The van der Waals surface area contributed by atoms with E-state index < -0.39 is 5.54 Å². The first-order valence-electron chi connectivity index (χ1n) is 5.86. The van der Waals surface area contributed by atoms with Gasteiger partial charge in [0.1, 0.15) is 0 Å². The summed E-state index contributed by atoms with van der Waals surface area (Å²) in [6, 6.07) is 0.445. The maximum absolute atomic E-state index is 11.5.